The molecule has 2 amide bonds. The van der Waals surface area contributed by atoms with Gasteiger partial charge in [0.1, 0.15) is 11.4 Å². The van der Waals surface area contributed by atoms with Crippen LogP contribution in [0.4, 0.5) is 0 Å². The Balaban J connectivity index is 1.82. The lowest BCUT2D eigenvalue weighted by atomic mass is 10.1. The summed E-state index contributed by atoms with van der Waals surface area (Å²) in [6, 6.07) is 20.4. The number of nitrogens with zero attached hydrogens (tertiary/aromatic N) is 1. The standard InChI is InChI=1S/C23H17BrClN3O3/c24-17-10-11-21(29)16(13-17)14-26-28-23(31)20(12-15-6-2-1-3-7-15)27-22(30)18-8-4-5-9-19(18)25/h1-14,29H,(H,27,30)(H,28,31)/b20-12+,26-14+. The number of carbonyl (C=O) groups is 2. The molecule has 31 heavy (non-hydrogen) atoms. The number of nitrogens with one attached hydrogen (secondary N) is 2. The Hall–Kier alpha value is -3.42. The summed E-state index contributed by atoms with van der Waals surface area (Å²) in [5, 5.41) is 16.6. The summed E-state index contributed by atoms with van der Waals surface area (Å²) < 4.78 is 0.745. The van der Waals surface area contributed by atoms with E-state index in [1.54, 1.807) is 48.5 Å². The minimum absolute atomic E-state index is 0.00766. The molecule has 0 aliphatic rings. The molecule has 0 unspecified atom stereocenters. The topological polar surface area (TPSA) is 90.8 Å². The number of hydrogen-bond acceptors (Lipinski definition) is 4. The third kappa shape index (κ3) is 6.28. The van der Waals surface area contributed by atoms with Gasteiger partial charge in [0, 0.05) is 10.0 Å². The van der Waals surface area contributed by atoms with Gasteiger partial charge in [-0.3, -0.25) is 9.59 Å². The third-order valence-electron chi connectivity index (χ3n) is 4.08. The van der Waals surface area contributed by atoms with Crippen LogP contribution in [0.15, 0.2) is 88.1 Å². The van der Waals surface area contributed by atoms with Gasteiger partial charge in [-0.05, 0) is 42.0 Å². The van der Waals surface area contributed by atoms with Gasteiger partial charge in [-0.15, -0.1) is 0 Å². The lowest BCUT2D eigenvalue weighted by Gasteiger charge is -2.10. The van der Waals surface area contributed by atoms with E-state index >= 15 is 0 Å². The zero-order valence-electron chi connectivity index (χ0n) is 16.0. The van der Waals surface area contributed by atoms with Gasteiger partial charge >= 0.3 is 0 Å². The van der Waals surface area contributed by atoms with E-state index in [2.05, 4.69) is 31.8 Å². The molecule has 156 valence electrons. The molecule has 0 fully saturated rings. The lowest BCUT2D eigenvalue weighted by molar-refractivity contribution is -0.117. The lowest BCUT2D eigenvalue weighted by Crippen LogP contribution is -2.33. The van der Waals surface area contributed by atoms with Crippen LogP contribution in [0, 0.1) is 0 Å². The van der Waals surface area contributed by atoms with Crippen LogP contribution >= 0.6 is 27.5 Å². The summed E-state index contributed by atoms with van der Waals surface area (Å²) in [6.07, 6.45) is 2.82. The molecule has 3 aromatic rings. The summed E-state index contributed by atoms with van der Waals surface area (Å²) in [4.78, 5) is 25.4. The number of aromatic hydroxyl groups is 1. The number of benzene rings is 3. The molecule has 8 heteroatoms. The Kier molecular flexibility index (Phi) is 7.59. The Morgan fingerprint density at radius 3 is 2.45 bits per heavy atom. The first kappa shape index (κ1) is 22.3. The van der Waals surface area contributed by atoms with Crippen LogP contribution in [-0.4, -0.2) is 23.1 Å². The summed E-state index contributed by atoms with van der Waals surface area (Å²) in [6.45, 7) is 0. The van der Waals surface area contributed by atoms with Gasteiger partial charge in [0.25, 0.3) is 11.8 Å². The molecule has 3 N–H and O–H groups in total. The highest BCUT2D eigenvalue weighted by molar-refractivity contribution is 9.10. The Morgan fingerprint density at radius 2 is 1.71 bits per heavy atom. The maximum atomic E-state index is 12.7. The quantitative estimate of drug-likeness (QED) is 0.261. The third-order valence-corrected chi connectivity index (χ3v) is 4.90. The molecular formula is C23H17BrClN3O3. The highest BCUT2D eigenvalue weighted by Gasteiger charge is 2.16. The van der Waals surface area contributed by atoms with Gasteiger partial charge in [-0.2, -0.15) is 5.10 Å². The van der Waals surface area contributed by atoms with Crippen LogP contribution in [0.2, 0.25) is 5.02 Å². The van der Waals surface area contributed by atoms with Gasteiger partial charge in [0.2, 0.25) is 0 Å². The maximum Gasteiger partial charge on any atom is 0.287 e. The predicted octanol–water partition coefficient (Wildman–Crippen LogP) is 4.73. The second kappa shape index (κ2) is 10.6. The number of rotatable bonds is 6. The molecule has 0 radical (unpaired) electrons. The largest absolute Gasteiger partial charge is 0.507 e. The molecule has 0 aliphatic carbocycles. The van der Waals surface area contributed by atoms with Crippen LogP contribution in [0.3, 0.4) is 0 Å². The van der Waals surface area contributed by atoms with Crippen LogP contribution < -0.4 is 10.7 Å². The van der Waals surface area contributed by atoms with Crippen molar-refractivity contribution in [1.82, 2.24) is 10.7 Å². The minimum atomic E-state index is -0.644. The summed E-state index contributed by atoms with van der Waals surface area (Å²) >= 11 is 9.39. The zero-order chi connectivity index (χ0) is 22.2. The molecule has 3 aromatic carbocycles. The number of hydrazone groups is 1. The van der Waals surface area contributed by atoms with Crippen LogP contribution in [0.25, 0.3) is 6.08 Å². The van der Waals surface area contributed by atoms with Crippen molar-refractivity contribution in [2.75, 3.05) is 0 Å². The predicted molar refractivity (Wildman–Crippen MR) is 125 cm³/mol. The maximum absolute atomic E-state index is 12.7. The minimum Gasteiger partial charge on any atom is -0.507 e. The van der Waals surface area contributed by atoms with Crippen LogP contribution in [0.1, 0.15) is 21.5 Å². The van der Waals surface area contributed by atoms with Crippen molar-refractivity contribution < 1.29 is 14.7 Å². The summed E-state index contributed by atoms with van der Waals surface area (Å²) in [5.74, 6) is -1.17. The van der Waals surface area contributed by atoms with E-state index < -0.39 is 11.8 Å². The molecule has 0 saturated heterocycles. The number of halogens is 2. The first-order valence-corrected chi connectivity index (χ1v) is 10.3. The summed E-state index contributed by atoms with van der Waals surface area (Å²) in [7, 11) is 0. The number of phenols is 1. The SMILES string of the molecule is O=C(N/N=C/c1cc(Br)ccc1O)/C(=C\c1ccccc1)NC(=O)c1ccccc1Cl. The van der Waals surface area contributed by atoms with Crippen molar-refractivity contribution in [1.29, 1.82) is 0 Å². The average molecular weight is 499 g/mol. The Bertz CT molecular complexity index is 1160. The summed E-state index contributed by atoms with van der Waals surface area (Å²) in [5.41, 5.74) is 3.69. The van der Waals surface area contributed by atoms with Crippen molar-refractivity contribution in [3.8, 4) is 5.75 Å². The smallest absolute Gasteiger partial charge is 0.287 e. The molecule has 0 spiro atoms. The molecule has 3 rings (SSSR count). The molecule has 0 aliphatic heterocycles. The fraction of sp³-hybridized carbons (Fsp3) is 0. The number of phenolic OH excluding ortho intramolecular Hbond substituents is 1. The monoisotopic (exact) mass is 497 g/mol. The molecule has 0 aromatic heterocycles. The number of hydrogen-bond donors (Lipinski definition) is 3. The normalized spacial score (nSPS) is 11.4. The fourth-order valence-corrected chi connectivity index (χ4v) is 3.16. The average Bonchev–Trinajstić information content (AvgIpc) is 2.76. The van der Waals surface area contributed by atoms with E-state index in [1.807, 2.05) is 18.2 Å². The fourth-order valence-electron chi connectivity index (χ4n) is 2.56. The molecule has 6 nitrogen and oxygen atoms in total. The van der Waals surface area contributed by atoms with E-state index in [0.29, 0.717) is 11.1 Å². The van der Waals surface area contributed by atoms with Gasteiger partial charge in [-0.25, -0.2) is 5.43 Å². The van der Waals surface area contributed by atoms with Crippen molar-refractivity contribution in [3.63, 3.8) is 0 Å². The van der Waals surface area contributed by atoms with Crippen molar-refractivity contribution >= 4 is 51.6 Å². The molecular weight excluding hydrogens is 482 g/mol. The van der Waals surface area contributed by atoms with Crippen LogP contribution in [-0.2, 0) is 4.79 Å². The van der Waals surface area contributed by atoms with Crippen molar-refractivity contribution in [2.24, 2.45) is 5.10 Å². The van der Waals surface area contributed by atoms with E-state index in [4.69, 9.17) is 11.6 Å². The van der Waals surface area contributed by atoms with E-state index in [-0.39, 0.29) is 22.0 Å². The van der Waals surface area contributed by atoms with Gasteiger partial charge in [0.05, 0.1) is 16.8 Å². The first-order chi connectivity index (χ1) is 14.9. The first-order valence-electron chi connectivity index (χ1n) is 9.08. The number of amides is 2. The highest BCUT2D eigenvalue weighted by atomic mass is 79.9. The zero-order valence-corrected chi connectivity index (χ0v) is 18.4. The van der Waals surface area contributed by atoms with Gasteiger partial charge < -0.3 is 10.4 Å². The molecule has 0 saturated carbocycles. The second-order valence-corrected chi connectivity index (χ2v) is 7.63. The second-order valence-electron chi connectivity index (χ2n) is 6.30. The Morgan fingerprint density at radius 1 is 1.00 bits per heavy atom. The van der Waals surface area contributed by atoms with E-state index in [1.165, 1.54) is 18.4 Å². The molecule has 0 atom stereocenters. The molecule has 0 bridgehead atoms. The highest BCUT2D eigenvalue weighted by Crippen LogP contribution is 2.20. The molecule has 0 heterocycles. The van der Waals surface area contributed by atoms with E-state index in [9.17, 15) is 14.7 Å². The van der Waals surface area contributed by atoms with Crippen LogP contribution in [0.5, 0.6) is 5.75 Å². The van der Waals surface area contributed by atoms with Crippen molar-refractivity contribution in [2.45, 2.75) is 0 Å². The Labute approximate surface area is 192 Å². The number of carbonyl (C=O) groups excluding carboxylic acids is 2. The van der Waals surface area contributed by atoms with E-state index in [0.717, 1.165) is 4.47 Å². The van der Waals surface area contributed by atoms with Crippen molar-refractivity contribution in [3.05, 3.63) is 105 Å². The van der Waals surface area contributed by atoms with Gasteiger partial charge in [0.15, 0.2) is 0 Å². The van der Waals surface area contributed by atoms with Gasteiger partial charge in [-0.1, -0.05) is 70.0 Å².